The lowest BCUT2D eigenvalue weighted by Gasteiger charge is -2.33. The Kier molecular flexibility index (Phi) is 11.6. The van der Waals surface area contributed by atoms with Crippen LogP contribution in [-0.4, -0.2) is 0 Å². The second kappa shape index (κ2) is 11.8. The van der Waals surface area contributed by atoms with Crippen LogP contribution in [0.25, 0.3) is 0 Å². The molecule has 18 heavy (non-hydrogen) atoms. The summed E-state index contributed by atoms with van der Waals surface area (Å²) in [5, 5.41) is 0. The summed E-state index contributed by atoms with van der Waals surface area (Å²) < 4.78 is 0. The van der Waals surface area contributed by atoms with Crippen LogP contribution >= 0.6 is 0 Å². The van der Waals surface area contributed by atoms with Gasteiger partial charge in [-0.05, 0) is 37.5 Å². The zero-order chi connectivity index (χ0) is 13.7. The van der Waals surface area contributed by atoms with Gasteiger partial charge >= 0.3 is 0 Å². The van der Waals surface area contributed by atoms with Gasteiger partial charge in [0.05, 0.1) is 0 Å². The molecule has 0 saturated heterocycles. The maximum atomic E-state index is 2.45. The fourth-order valence-corrected chi connectivity index (χ4v) is 3.17. The van der Waals surface area contributed by atoms with Crippen LogP contribution in [0, 0.1) is 5.41 Å². The maximum Gasteiger partial charge on any atom is -0.0263 e. The van der Waals surface area contributed by atoms with E-state index in [1.807, 2.05) is 0 Å². The zero-order valence-electron chi connectivity index (χ0n) is 13.4. The Labute approximate surface area is 116 Å². The van der Waals surface area contributed by atoms with Gasteiger partial charge in [-0.1, -0.05) is 78.4 Å². The lowest BCUT2D eigenvalue weighted by Crippen LogP contribution is -2.20. The first kappa shape index (κ1) is 17.7. The monoisotopic (exact) mass is 252 g/mol. The van der Waals surface area contributed by atoms with Gasteiger partial charge in [0.15, 0.2) is 0 Å². The molecule has 0 unspecified atom stereocenters. The summed E-state index contributed by atoms with van der Waals surface area (Å²) >= 11 is 0. The lowest BCUT2D eigenvalue weighted by atomic mass is 9.72. The van der Waals surface area contributed by atoms with Gasteiger partial charge in [-0.25, -0.2) is 0 Å². The third-order valence-corrected chi connectivity index (χ3v) is 4.07. The highest BCUT2D eigenvalue weighted by atomic mass is 14.3. The summed E-state index contributed by atoms with van der Waals surface area (Å²) in [5.41, 5.74) is 0.614. The molecule has 0 rings (SSSR count). The first-order valence-electron chi connectivity index (χ1n) is 8.39. The van der Waals surface area contributed by atoms with E-state index in [1.54, 1.807) is 0 Å². The van der Waals surface area contributed by atoms with E-state index >= 15 is 0 Å². The molecule has 108 valence electrons. The van der Waals surface area contributed by atoms with Crippen LogP contribution in [0.5, 0.6) is 0 Å². The number of unbranched alkanes of at least 4 members (excludes halogenated alkanes) is 3. The average Bonchev–Trinajstić information content (AvgIpc) is 2.36. The van der Waals surface area contributed by atoms with Crippen LogP contribution in [-0.2, 0) is 0 Å². The van der Waals surface area contributed by atoms with Crippen molar-refractivity contribution in [1.29, 1.82) is 0 Å². The van der Waals surface area contributed by atoms with E-state index < -0.39 is 0 Å². The molecule has 0 N–H and O–H groups in total. The molecule has 0 heteroatoms. The van der Waals surface area contributed by atoms with Gasteiger partial charge in [-0.15, -0.1) is 0 Å². The Morgan fingerprint density at radius 1 is 0.667 bits per heavy atom. The molecular formula is C18H36. The van der Waals surface area contributed by atoms with Crippen molar-refractivity contribution >= 4 is 0 Å². The van der Waals surface area contributed by atoms with E-state index in [9.17, 15) is 0 Å². The van der Waals surface area contributed by atoms with Crippen LogP contribution in [0.1, 0.15) is 98.3 Å². The van der Waals surface area contributed by atoms with Gasteiger partial charge in [0.1, 0.15) is 0 Å². The minimum atomic E-state index is 0.614. The van der Waals surface area contributed by atoms with Crippen molar-refractivity contribution in [1.82, 2.24) is 0 Å². The predicted octanol–water partition coefficient (Wildman–Crippen LogP) is 6.90. The van der Waals surface area contributed by atoms with Gasteiger partial charge < -0.3 is 0 Å². The smallest absolute Gasteiger partial charge is 0.0263 e. The molecule has 0 saturated carbocycles. The van der Waals surface area contributed by atoms with Gasteiger partial charge in [0, 0.05) is 0 Å². The van der Waals surface area contributed by atoms with Crippen molar-refractivity contribution in [2.75, 3.05) is 0 Å². The van der Waals surface area contributed by atoms with Crippen LogP contribution in [0.15, 0.2) is 12.2 Å². The van der Waals surface area contributed by atoms with Gasteiger partial charge in [-0.3, -0.25) is 0 Å². The zero-order valence-corrected chi connectivity index (χ0v) is 13.4. The summed E-state index contributed by atoms with van der Waals surface area (Å²) in [7, 11) is 0. The Bertz CT molecular complexity index is 184. The van der Waals surface area contributed by atoms with E-state index in [2.05, 4.69) is 39.8 Å². The molecule has 0 aromatic carbocycles. The van der Waals surface area contributed by atoms with Crippen molar-refractivity contribution in [2.24, 2.45) is 5.41 Å². The first-order chi connectivity index (χ1) is 8.74. The molecule has 0 bridgehead atoms. The van der Waals surface area contributed by atoms with Gasteiger partial charge in [0.25, 0.3) is 0 Å². The van der Waals surface area contributed by atoms with Crippen LogP contribution < -0.4 is 0 Å². The number of allylic oxidation sites excluding steroid dienone is 2. The number of hydrogen-bond donors (Lipinski definition) is 0. The number of rotatable bonds is 12. The van der Waals surface area contributed by atoms with Crippen molar-refractivity contribution in [3.05, 3.63) is 12.2 Å². The molecule has 0 aliphatic heterocycles. The minimum absolute atomic E-state index is 0.614. The Morgan fingerprint density at radius 3 is 1.83 bits per heavy atom. The SMILES string of the molecule is CCC=CCC(CCC)(CCC)CCCCCC. The van der Waals surface area contributed by atoms with Crippen molar-refractivity contribution in [3.63, 3.8) is 0 Å². The summed E-state index contributed by atoms with van der Waals surface area (Å²) in [4.78, 5) is 0. The fraction of sp³-hybridized carbons (Fsp3) is 0.889. The highest BCUT2D eigenvalue weighted by Gasteiger charge is 2.26. The van der Waals surface area contributed by atoms with Gasteiger partial charge in [0.2, 0.25) is 0 Å². The molecule has 0 fully saturated rings. The fourth-order valence-electron chi connectivity index (χ4n) is 3.17. The molecule has 0 nitrogen and oxygen atoms in total. The lowest BCUT2D eigenvalue weighted by molar-refractivity contribution is 0.208. The summed E-state index contributed by atoms with van der Waals surface area (Å²) in [6.07, 6.45) is 19.9. The highest BCUT2D eigenvalue weighted by molar-refractivity contribution is 4.90. The highest BCUT2D eigenvalue weighted by Crippen LogP contribution is 2.39. The first-order valence-corrected chi connectivity index (χ1v) is 8.39. The molecule has 0 amide bonds. The Hall–Kier alpha value is -0.260. The third-order valence-electron chi connectivity index (χ3n) is 4.07. The van der Waals surface area contributed by atoms with E-state index in [0.717, 1.165) is 0 Å². The van der Waals surface area contributed by atoms with Crippen LogP contribution in [0.2, 0.25) is 0 Å². The molecule has 0 heterocycles. The van der Waals surface area contributed by atoms with Crippen molar-refractivity contribution in [2.45, 2.75) is 98.3 Å². The van der Waals surface area contributed by atoms with Crippen molar-refractivity contribution in [3.8, 4) is 0 Å². The summed E-state index contributed by atoms with van der Waals surface area (Å²) in [6.45, 7) is 9.23. The molecule has 0 aliphatic rings. The van der Waals surface area contributed by atoms with E-state index in [1.165, 1.54) is 70.6 Å². The molecule has 0 radical (unpaired) electrons. The standard InChI is InChI=1S/C18H36/c1-5-9-11-13-17-18(14-7-3,15-8-4)16-12-10-6-2/h10,12H,5-9,11,13-17H2,1-4H3. The Morgan fingerprint density at radius 2 is 1.33 bits per heavy atom. The molecule has 0 atom stereocenters. The quantitative estimate of drug-likeness (QED) is 0.262. The number of hydrogen-bond acceptors (Lipinski definition) is 0. The van der Waals surface area contributed by atoms with Crippen LogP contribution in [0.4, 0.5) is 0 Å². The Balaban J connectivity index is 4.36. The summed E-state index contributed by atoms with van der Waals surface area (Å²) in [5.74, 6) is 0. The minimum Gasteiger partial charge on any atom is -0.0888 e. The summed E-state index contributed by atoms with van der Waals surface area (Å²) in [6, 6.07) is 0. The van der Waals surface area contributed by atoms with E-state index in [0.29, 0.717) is 5.41 Å². The second-order valence-corrected chi connectivity index (χ2v) is 5.89. The van der Waals surface area contributed by atoms with Gasteiger partial charge in [-0.2, -0.15) is 0 Å². The predicted molar refractivity (Wildman–Crippen MR) is 85.1 cm³/mol. The normalized spacial score (nSPS) is 12.4. The molecule has 0 aromatic heterocycles. The van der Waals surface area contributed by atoms with E-state index in [4.69, 9.17) is 0 Å². The van der Waals surface area contributed by atoms with E-state index in [-0.39, 0.29) is 0 Å². The maximum absolute atomic E-state index is 2.45. The molecule has 0 aromatic rings. The molecular weight excluding hydrogens is 216 g/mol. The van der Waals surface area contributed by atoms with Crippen LogP contribution in [0.3, 0.4) is 0 Å². The van der Waals surface area contributed by atoms with Crippen molar-refractivity contribution < 1.29 is 0 Å². The molecule has 0 aliphatic carbocycles. The molecule has 0 spiro atoms. The second-order valence-electron chi connectivity index (χ2n) is 5.89. The topological polar surface area (TPSA) is 0 Å². The third kappa shape index (κ3) is 7.95. The average molecular weight is 252 g/mol. The largest absolute Gasteiger partial charge is 0.0888 e.